The minimum atomic E-state index is -0.498. The van der Waals surface area contributed by atoms with Crippen molar-refractivity contribution in [3.8, 4) is 0 Å². The molecular weight excluding hydrogens is 302 g/mol. The average molecular weight is 319 g/mol. The second kappa shape index (κ2) is 5.70. The standard InChI is InChI=1S/C13H17BrClNO/c14-11-4-3-10(12(15)7-11)8-16-9-13(17)5-1-2-6-13/h3-4,7,16-17H,1-2,5-6,8-9H2. The fourth-order valence-electron chi connectivity index (χ4n) is 2.30. The van der Waals surface area contributed by atoms with Crippen molar-refractivity contribution in [2.45, 2.75) is 37.8 Å². The van der Waals surface area contributed by atoms with Crippen LogP contribution in [0.5, 0.6) is 0 Å². The van der Waals surface area contributed by atoms with Gasteiger partial charge in [0.2, 0.25) is 0 Å². The molecule has 0 aromatic heterocycles. The van der Waals surface area contributed by atoms with Gasteiger partial charge in [0, 0.05) is 22.6 Å². The Bertz CT molecular complexity index is 391. The molecule has 0 radical (unpaired) electrons. The molecule has 0 spiro atoms. The van der Waals surface area contributed by atoms with Crippen LogP contribution >= 0.6 is 27.5 Å². The minimum Gasteiger partial charge on any atom is -0.389 e. The molecule has 2 nitrogen and oxygen atoms in total. The van der Waals surface area contributed by atoms with Crippen molar-refractivity contribution < 1.29 is 5.11 Å². The molecule has 0 bridgehead atoms. The number of benzene rings is 1. The van der Waals surface area contributed by atoms with Crippen LogP contribution in [0.3, 0.4) is 0 Å². The fraction of sp³-hybridized carbons (Fsp3) is 0.538. The number of rotatable bonds is 4. The lowest BCUT2D eigenvalue weighted by Gasteiger charge is -2.22. The molecule has 1 aromatic carbocycles. The first kappa shape index (κ1) is 13.3. The molecule has 1 aliphatic rings. The van der Waals surface area contributed by atoms with Crippen LogP contribution in [0, 0.1) is 0 Å². The van der Waals surface area contributed by atoms with E-state index in [2.05, 4.69) is 21.2 Å². The quantitative estimate of drug-likeness (QED) is 0.890. The highest BCUT2D eigenvalue weighted by molar-refractivity contribution is 9.10. The summed E-state index contributed by atoms with van der Waals surface area (Å²) < 4.78 is 0.987. The van der Waals surface area contributed by atoms with Crippen molar-refractivity contribution in [1.82, 2.24) is 5.32 Å². The van der Waals surface area contributed by atoms with Gasteiger partial charge in [-0.15, -0.1) is 0 Å². The van der Waals surface area contributed by atoms with E-state index >= 15 is 0 Å². The van der Waals surface area contributed by atoms with E-state index in [0.717, 1.165) is 40.7 Å². The molecule has 4 heteroatoms. The zero-order chi connectivity index (χ0) is 12.3. The van der Waals surface area contributed by atoms with Gasteiger partial charge in [-0.05, 0) is 30.5 Å². The minimum absolute atomic E-state index is 0.498. The first-order valence-electron chi connectivity index (χ1n) is 5.96. The first-order chi connectivity index (χ1) is 8.09. The topological polar surface area (TPSA) is 32.3 Å². The van der Waals surface area contributed by atoms with Crippen LogP contribution in [-0.2, 0) is 6.54 Å². The molecular formula is C13H17BrClNO. The zero-order valence-electron chi connectivity index (χ0n) is 9.68. The Hall–Kier alpha value is -0.0900. The van der Waals surface area contributed by atoms with Gasteiger partial charge in [0.25, 0.3) is 0 Å². The Kier molecular flexibility index (Phi) is 4.47. The molecule has 0 atom stereocenters. The lowest BCUT2D eigenvalue weighted by molar-refractivity contribution is 0.0475. The lowest BCUT2D eigenvalue weighted by Crippen LogP contribution is -2.37. The Morgan fingerprint density at radius 1 is 1.35 bits per heavy atom. The van der Waals surface area contributed by atoms with E-state index in [0.29, 0.717) is 13.1 Å². The average Bonchev–Trinajstić information content (AvgIpc) is 2.69. The molecule has 2 N–H and O–H groups in total. The van der Waals surface area contributed by atoms with Gasteiger partial charge >= 0.3 is 0 Å². The second-order valence-corrected chi connectivity index (χ2v) is 6.09. The maximum atomic E-state index is 10.2. The molecule has 0 saturated heterocycles. The fourth-order valence-corrected chi connectivity index (χ4v) is 3.05. The van der Waals surface area contributed by atoms with Gasteiger partial charge in [0.05, 0.1) is 5.60 Å². The SMILES string of the molecule is OC1(CNCc2ccc(Br)cc2Cl)CCCC1. The van der Waals surface area contributed by atoms with Crippen molar-refractivity contribution in [3.05, 3.63) is 33.3 Å². The maximum Gasteiger partial charge on any atom is 0.0771 e. The van der Waals surface area contributed by atoms with Gasteiger partial charge in [-0.3, -0.25) is 0 Å². The molecule has 0 heterocycles. The molecule has 94 valence electrons. The monoisotopic (exact) mass is 317 g/mol. The van der Waals surface area contributed by atoms with Gasteiger partial charge in [-0.1, -0.05) is 46.4 Å². The Balaban J connectivity index is 1.85. The van der Waals surface area contributed by atoms with E-state index in [4.69, 9.17) is 11.6 Å². The van der Waals surface area contributed by atoms with Crippen molar-refractivity contribution in [2.75, 3.05) is 6.54 Å². The lowest BCUT2D eigenvalue weighted by atomic mass is 10.0. The molecule has 0 aliphatic heterocycles. The van der Waals surface area contributed by atoms with Gasteiger partial charge in [-0.2, -0.15) is 0 Å². The molecule has 17 heavy (non-hydrogen) atoms. The highest BCUT2D eigenvalue weighted by atomic mass is 79.9. The Morgan fingerprint density at radius 3 is 2.71 bits per heavy atom. The van der Waals surface area contributed by atoms with E-state index in [1.54, 1.807) is 0 Å². The predicted molar refractivity (Wildman–Crippen MR) is 74.3 cm³/mol. The molecule has 1 aliphatic carbocycles. The molecule has 2 rings (SSSR count). The number of halogens is 2. The van der Waals surface area contributed by atoms with Crippen molar-refractivity contribution in [3.63, 3.8) is 0 Å². The third kappa shape index (κ3) is 3.68. The van der Waals surface area contributed by atoms with E-state index in [1.807, 2.05) is 18.2 Å². The molecule has 0 unspecified atom stereocenters. The van der Waals surface area contributed by atoms with Crippen LogP contribution in [0.1, 0.15) is 31.2 Å². The van der Waals surface area contributed by atoms with Crippen LogP contribution < -0.4 is 5.32 Å². The Morgan fingerprint density at radius 2 is 2.06 bits per heavy atom. The number of nitrogens with one attached hydrogen (secondary N) is 1. The van der Waals surface area contributed by atoms with E-state index in [1.165, 1.54) is 0 Å². The Labute approximate surface area is 115 Å². The van der Waals surface area contributed by atoms with Crippen LogP contribution in [0.15, 0.2) is 22.7 Å². The summed E-state index contributed by atoms with van der Waals surface area (Å²) in [5.74, 6) is 0. The van der Waals surface area contributed by atoms with Crippen LogP contribution in [-0.4, -0.2) is 17.3 Å². The smallest absolute Gasteiger partial charge is 0.0771 e. The summed E-state index contributed by atoms with van der Waals surface area (Å²) >= 11 is 9.51. The third-order valence-corrected chi connectivity index (χ3v) is 4.16. The van der Waals surface area contributed by atoms with Gasteiger partial charge in [0.15, 0.2) is 0 Å². The third-order valence-electron chi connectivity index (χ3n) is 3.32. The molecule has 1 aromatic rings. The summed E-state index contributed by atoms with van der Waals surface area (Å²) in [7, 11) is 0. The largest absolute Gasteiger partial charge is 0.389 e. The summed E-state index contributed by atoms with van der Waals surface area (Å²) in [5.41, 5.74) is 0.568. The highest BCUT2D eigenvalue weighted by Gasteiger charge is 2.30. The highest BCUT2D eigenvalue weighted by Crippen LogP contribution is 2.29. The summed E-state index contributed by atoms with van der Waals surface area (Å²) in [6.45, 7) is 1.35. The van der Waals surface area contributed by atoms with Crippen molar-refractivity contribution >= 4 is 27.5 Å². The summed E-state index contributed by atoms with van der Waals surface area (Å²) in [4.78, 5) is 0. The predicted octanol–water partition coefficient (Wildman–Crippen LogP) is 3.50. The summed E-state index contributed by atoms with van der Waals surface area (Å²) in [6, 6.07) is 5.87. The van der Waals surface area contributed by atoms with Crippen molar-refractivity contribution in [1.29, 1.82) is 0 Å². The number of hydrogen-bond acceptors (Lipinski definition) is 2. The molecule has 0 amide bonds. The molecule has 1 saturated carbocycles. The van der Waals surface area contributed by atoms with Crippen LogP contribution in [0.4, 0.5) is 0 Å². The van der Waals surface area contributed by atoms with E-state index < -0.39 is 5.60 Å². The van der Waals surface area contributed by atoms with Gasteiger partial charge in [0.1, 0.15) is 0 Å². The molecule has 1 fully saturated rings. The summed E-state index contributed by atoms with van der Waals surface area (Å²) in [6.07, 6.45) is 4.09. The van der Waals surface area contributed by atoms with Gasteiger partial charge in [-0.25, -0.2) is 0 Å². The van der Waals surface area contributed by atoms with Gasteiger partial charge < -0.3 is 10.4 Å². The van der Waals surface area contributed by atoms with Crippen LogP contribution in [0.2, 0.25) is 5.02 Å². The number of aliphatic hydroxyl groups is 1. The van der Waals surface area contributed by atoms with Crippen molar-refractivity contribution in [2.24, 2.45) is 0 Å². The number of hydrogen-bond donors (Lipinski definition) is 2. The zero-order valence-corrected chi connectivity index (χ0v) is 12.0. The second-order valence-electron chi connectivity index (χ2n) is 4.77. The van der Waals surface area contributed by atoms with E-state index in [-0.39, 0.29) is 0 Å². The summed E-state index contributed by atoms with van der Waals surface area (Å²) in [5, 5.41) is 14.2. The first-order valence-corrected chi connectivity index (χ1v) is 7.13. The van der Waals surface area contributed by atoms with E-state index in [9.17, 15) is 5.11 Å². The van der Waals surface area contributed by atoms with Crippen LogP contribution in [0.25, 0.3) is 0 Å². The normalized spacial score (nSPS) is 18.5. The maximum absolute atomic E-state index is 10.2.